The summed E-state index contributed by atoms with van der Waals surface area (Å²) in [4.78, 5) is 25.0. The van der Waals surface area contributed by atoms with Gasteiger partial charge in [-0.1, -0.05) is 16.8 Å². The Bertz CT molecular complexity index is 1410. The average molecular weight is 497 g/mol. The predicted molar refractivity (Wildman–Crippen MR) is 123 cm³/mol. The molecule has 0 saturated carbocycles. The molecule has 0 saturated heterocycles. The number of methoxy groups -OCH3 is 1. The number of anilines is 1. The number of aryl methyl sites for hydroxylation is 1. The summed E-state index contributed by atoms with van der Waals surface area (Å²) >= 11 is 5.84. The van der Waals surface area contributed by atoms with Gasteiger partial charge in [0, 0.05) is 5.02 Å². The lowest BCUT2D eigenvalue weighted by molar-refractivity contribution is 0.0729. The molecule has 0 atom stereocenters. The number of nitrogens with zero attached hydrogens (tertiary/aromatic N) is 6. The molecule has 0 bridgehead atoms. The van der Waals surface area contributed by atoms with Crippen LogP contribution in [0.2, 0.25) is 5.02 Å². The minimum absolute atomic E-state index is 0.0215. The van der Waals surface area contributed by atoms with Crippen molar-refractivity contribution < 1.29 is 23.7 Å². The van der Waals surface area contributed by atoms with Gasteiger partial charge in [0.05, 0.1) is 24.6 Å². The summed E-state index contributed by atoms with van der Waals surface area (Å²) in [6, 6.07) is 11.0. The molecule has 14 heteroatoms. The van der Waals surface area contributed by atoms with Crippen LogP contribution < -0.4 is 20.6 Å². The smallest absolute Gasteiger partial charge is 0.343 e. The zero-order valence-electron chi connectivity index (χ0n) is 18.3. The highest BCUT2D eigenvalue weighted by Crippen LogP contribution is 2.28. The van der Waals surface area contributed by atoms with Crippen LogP contribution in [-0.2, 0) is 0 Å². The highest BCUT2D eigenvalue weighted by molar-refractivity contribution is 6.30. The Hall–Kier alpha value is -4.78. The van der Waals surface area contributed by atoms with Gasteiger partial charge in [-0.05, 0) is 65.3 Å². The van der Waals surface area contributed by atoms with Gasteiger partial charge < -0.3 is 15.2 Å². The molecule has 13 nitrogen and oxygen atoms in total. The molecule has 4 rings (SSSR count). The van der Waals surface area contributed by atoms with Gasteiger partial charge in [0.25, 0.3) is 5.91 Å². The zero-order chi connectivity index (χ0) is 24.9. The number of hydrogen-bond acceptors (Lipinski definition) is 11. The maximum absolute atomic E-state index is 12.7. The van der Waals surface area contributed by atoms with Crippen LogP contribution in [0.25, 0.3) is 5.82 Å². The number of nitrogen functional groups attached to an aromatic ring is 1. The number of aromatic nitrogens is 5. The van der Waals surface area contributed by atoms with Crippen molar-refractivity contribution in [3.8, 4) is 17.3 Å². The summed E-state index contributed by atoms with van der Waals surface area (Å²) in [7, 11) is 1.43. The maximum Gasteiger partial charge on any atom is 0.343 e. The number of esters is 1. The fraction of sp³-hybridized carbons (Fsp3) is 0.0952. The predicted octanol–water partition coefficient (Wildman–Crippen LogP) is 2.19. The van der Waals surface area contributed by atoms with Crippen LogP contribution in [0, 0.1) is 6.92 Å². The molecule has 2 aromatic heterocycles. The van der Waals surface area contributed by atoms with Crippen LogP contribution in [0.3, 0.4) is 0 Å². The van der Waals surface area contributed by atoms with Crippen molar-refractivity contribution in [1.82, 2.24) is 30.7 Å². The van der Waals surface area contributed by atoms with Gasteiger partial charge >= 0.3 is 5.97 Å². The van der Waals surface area contributed by atoms with Crippen molar-refractivity contribution in [3.05, 3.63) is 70.0 Å². The summed E-state index contributed by atoms with van der Waals surface area (Å²) in [5, 5.41) is 19.2. The van der Waals surface area contributed by atoms with Crippen molar-refractivity contribution in [2.45, 2.75) is 6.92 Å². The number of benzene rings is 2. The zero-order valence-corrected chi connectivity index (χ0v) is 19.1. The molecule has 0 aliphatic carbocycles. The molecule has 3 N–H and O–H groups in total. The molecule has 0 unspecified atom stereocenters. The first-order chi connectivity index (χ1) is 16.9. The van der Waals surface area contributed by atoms with Gasteiger partial charge in [0.2, 0.25) is 11.6 Å². The molecule has 2 aromatic carbocycles. The second-order valence-corrected chi connectivity index (χ2v) is 7.35. The molecule has 0 spiro atoms. The van der Waals surface area contributed by atoms with Crippen LogP contribution in [0.5, 0.6) is 11.5 Å². The molecular formula is C21H17ClN8O5. The average Bonchev–Trinajstić information content (AvgIpc) is 3.44. The summed E-state index contributed by atoms with van der Waals surface area (Å²) in [6.45, 7) is 1.58. The van der Waals surface area contributed by atoms with E-state index in [9.17, 15) is 9.59 Å². The van der Waals surface area contributed by atoms with E-state index in [-0.39, 0.29) is 28.8 Å². The first kappa shape index (κ1) is 23.4. The van der Waals surface area contributed by atoms with Crippen LogP contribution in [-0.4, -0.2) is 50.5 Å². The van der Waals surface area contributed by atoms with Crippen molar-refractivity contribution in [2.24, 2.45) is 5.10 Å². The Kier molecular flexibility index (Phi) is 6.69. The lowest BCUT2D eigenvalue weighted by Gasteiger charge is -2.10. The molecule has 4 aromatic rings. The normalized spacial score (nSPS) is 10.9. The minimum Gasteiger partial charge on any atom is -0.493 e. The molecule has 1 amide bonds. The van der Waals surface area contributed by atoms with Gasteiger partial charge in [0.15, 0.2) is 17.2 Å². The van der Waals surface area contributed by atoms with Gasteiger partial charge in [-0.3, -0.25) is 4.79 Å². The monoisotopic (exact) mass is 496 g/mol. The number of carbonyl (C=O) groups is 2. The Morgan fingerprint density at radius 3 is 2.63 bits per heavy atom. The van der Waals surface area contributed by atoms with Gasteiger partial charge in [0.1, 0.15) is 0 Å². The number of ether oxygens (including phenoxy) is 2. The third kappa shape index (κ3) is 5.09. The molecule has 0 aliphatic heterocycles. The molecule has 35 heavy (non-hydrogen) atoms. The van der Waals surface area contributed by atoms with E-state index in [0.717, 1.165) is 4.68 Å². The fourth-order valence-corrected chi connectivity index (χ4v) is 3.04. The van der Waals surface area contributed by atoms with E-state index in [2.05, 4.69) is 35.8 Å². The third-order valence-electron chi connectivity index (χ3n) is 4.60. The van der Waals surface area contributed by atoms with Crippen molar-refractivity contribution >= 4 is 35.5 Å². The van der Waals surface area contributed by atoms with Crippen molar-refractivity contribution in [2.75, 3.05) is 12.8 Å². The quantitative estimate of drug-likeness (QED) is 0.167. The van der Waals surface area contributed by atoms with Crippen LogP contribution in [0.1, 0.15) is 32.1 Å². The Labute approximate surface area is 202 Å². The van der Waals surface area contributed by atoms with Crippen LogP contribution >= 0.6 is 11.6 Å². The molecule has 0 radical (unpaired) electrons. The summed E-state index contributed by atoms with van der Waals surface area (Å²) in [5.41, 5.74) is 9.30. The highest BCUT2D eigenvalue weighted by Gasteiger charge is 2.22. The van der Waals surface area contributed by atoms with E-state index in [1.165, 1.54) is 13.3 Å². The van der Waals surface area contributed by atoms with Crippen LogP contribution in [0.4, 0.5) is 5.82 Å². The number of hydrogen-bond donors (Lipinski definition) is 2. The SMILES string of the molecule is COc1cc(/C=N/NC(=O)c2c(C)nnn2-c2nonc2N)ccc1OC(=O)c1ccc(Cl)cc1. The third-order valence-corrected chi connectivity index (χ3v) is 4.85. The van der Waals surface area contributed by atoms with Gasteiger partial charge in [-0.25, -0.2) is 14.8 Å². The first-order valence-corrected chi connectivity index (χ1v) is 10.2. The van der Waals surface area contributed by atoms with E-state index in [1.54, 1.807) is 49.4 Å². The molecular weight excluding hydrogens is 480 g/mol. The lowest BCUT2D eigenvalue weighted by Crippen LogP contribution is -2.22. The van der Waals surface area contributed by atoms with Crippen molar-refractivity contribution in [3.63, 3.8) is 0 Å². The second kappa shape index (κ2) is 10.0. The molecule has 178 valence electrons. The summed E-state index contributed by atoms with van der Waals surface area (Å²) in [6.07, 6.45) is 1.38. The van der Waals surface area contributed by atoms with Gasteiger partial charge in [-0.2, -0.15) is 9.78 Å². The van der Waals surface area contributed by atoms with E-state index in [1.807, 2.05) is 0 Å². The summed E-state index contributed by atoms with van der Waals surface area (Å²) in [5.74, 6) is -0.735. The number of amides is 1. The Morgan fingerprint density at radius 2 is 1.94 bits per heavy atom. The lowest BCUT2D eigenvalue weighted by atomic mass is 10.2. The topological polar surface area (TPSA) is 173 Å². The van der Waals surface area contributed by atoms with E-state index < -0.39 is 11.9 Å². The van der Waals surface area contributed by atoms with Crippen LogP contribution in [0.15, 0.2) is 52.2 Å². The van der Waals surface area contributed by atoms with E-state index in [4.69, 9.17) is 26.8 Å². The molecule has 0 aliphatic rings. The number of nitrogens with two attached hydrogens (primary N) is 1. The highest BCUT2D eigenvalue weighted by atomic mass is 35.5. The standard InChI is InChI=1S/C21H17ClN8O5/c1-11-17(30(29-25-11)19-18(23)27-35-28-19)20(31)26-24-10-12-3-8-15(16(9-12)33-2)34-21(32)13-4-6-14(22)7-5-13/h3-10H,1-2H3,(H2,23,27)(H,26,31)/b24-10+. The minimum atomic E-state index is -0.619. The van der Waals surface area contributed by atoms with E-state index in [0.29, 0.717) is 21.8 Å². The Morgan fingerprint density at radius 1 is 1.17 bits per heavy atom. The second-order valence-electron chi connectivity index (χ2n) is 6.91. The van der Waals surface area contributed by atoms with Crippen molar-refractivity contribution in [1.29, 1.82) is 0 Å². The number of rotatable bonds is 7. The largest absolute Gasteiger partial charge is 0.493 e. The molecule has 0 fully saturated rings. The number of carbonyl (C=O) groups excluding carboxylic acids is 2. The molecule has 2 heterocycles. The first-order valence-electron chi connectivity index (χ1n) is 9.87. The number of halogens is 1. The number of nitrogens with one attached hydrogen (secondary N) is 1. The maximum atomic E-state index is 12.7. The van der Waals surface area contributed by atoms with E-state index >= 15 is 0 Å². The Balaban J connectivity index is 1.46. The van der Waals surface area contributed by atoms with Gasteiger partial charge in [-0.15, -0.1) is 5.10 Å². The number of hydrazone groups is 1. The summed E-state index contributed by atoms with van der Waals surface area (Å²) < 4.78 is 16.4. The fourth-order valence-electron chi connectivity index (χ4n) is 2.92.